The van der Waals surface area contributed by atoms with Crippen LogP contribution in [0.2, 0.25) is 5.02 Å². The maximum Gasteiger partial charge on any atom is 0.374 e. The van der Waals surface area contributed by atoms with E-state index in [4.69, 9.17) is 30.7 Å². The highest BCUT2D eigenvalue weighted by Crippen LogP contribution is 2.44. The van der Waals surface area contributed by atoms with Crippen molar-refractivity contribution in [2.75, 3.05) is 13.2 Å². The summed E-state index contributed by atoms with van der Waals surface area (Å²) in [6, 6.07) is 4.64. The average molecular weight is 282 g/mol. The van der Waals surface area contributed by atoms with Crippen LogP contribution >= 0.6 is 11.6 Å². The van der Waals surface area contributed by atoms with Crippen molar-refractivity contribution in [2.24, 2.45) is 0 Å². The van der Waals surface area contributed by atoms with Crippen molar-refractivity contribution in [1.82, 2.24) is 5.16 Å². The second-order valence-corrected chi connectivity index (χ2v) is 4.24. The van der Waals surface area contributed by atoms with Crippen LogP contribution in [0, 0.1) is 0 Å². The summed E-state index contributed by atoms with van der Waals surface area (Å²) in [5, 5.41) is 13.0. The van der Waals surface area contributed by atoms with Gasteiger partial charge in [-0.15, -0.1) is 0 Å². The number of aromatic nitrogens is 1. The largest absolute Gasteiger partial charge is 0.485 e. The number of halogens is 1. The zero-order chi connectivity index (χ0) is 13.4. The second-order valence-electron chi connectivity index (χ2n) is 3.83. The minimum Gasteiger partial charge on any atom is -0.485 e. The number of carboxylic acids is 1. The molecule has 0 spiro atoms. The molecule has 1 N–H and O–H groups in total. The summed E-state index contributed by atoms with van der Waals surface area (Å²) < 4.78 is 15.7. The van der Waals surface area contributed by atoms with Crippen LogP contribution in [0.15, 0.2) is 22.7 Å². The first kappa shape index (κ1) is 11.9. The molecule has 0 aliphatic carbocycles. The number of hydrogen-bond acceptors (Lipinski definition) is 5. The van der Waals surface area contributed by atoms with Crippen LogP contribution in [0.5, 0.6) is 11.5 Å². The fraction of sp³-hybridized carbons (Fsp3) is 0.167. The van der Waals surface area contributed by atoms with E-state index in [1.54, 1.807) is 12.1 Å². The highest BCUT2D eigenvalue weighted by Gasteiger charge is 2.23. The molecule has 1 aromatic heterocycles. The first-order chi connectivity index (χ1) is 9.16. The van der Waals surface area contributed by atoms with Gasteiger partial charge in [0.2, 0.25) is 5.76 Å². The van der Waals surface area contributed by atoms with Gasteiger partial charge in [0, 0.05) is 11.6 Å². The monoisotopic (exact) mass is 281 g/mol. The third-order valence-corrected chi connectivity index (χ3v) is 2.93. The maximum atomic E-state index is 10.8. The predicted molar refractivity (Wildman–Crippen MR) is 64.9 cm³/mol. The van der Waals surface area contributed by atoms with E-state index in [9.17, 15) is 4.79 Å². The molecule has 0 fully saturated rings. The molecule has 2 aromatic rings. The van der Waals surface area contributed by atoms with Crippen molar-refractivity contribution in [2.45, 2.75) is 0 Å². The number of fused-ring (bicyclic) bond motifs is 1. The summed E-state index contributed by atoms with van der Waals surface area (Å²) in [5.41, 5.74) is 0.936. The number of nitrogens with zero attached hydrogens (tertiary/aromatic N) is 1. The summed E-state index contributed by atoms with van der Waals surface area (Å²) in [6.07, 6.45) is 0. The quantitative estimate of drug-likeness (QED) is 0.910. The van der Waals surface area contributed by atoms with Crippen molar-refractivity contribution in [1.29, 1.82) is 0 Å². The number of rotatable bonds is 2. The zero-order valence-corrected chi connectivity index (χ0v) is 10.3. The first-order valence-electron chi connectivity index (χ1n) is 5.45. The normalized spacial score (nSPS) is 13.3. The molecule has 0 bridgehead atoms. The standard InChI is InChI=1S/C12H8ClNO5/c13-7-2-1-6(10-11(7)18-4-3-17-10)8-5-9(12(15)16)19-14-8/h1-2,5H,3-4H2,(H,15,16). The molecule has 0 unspecified atom stereocenters. The lowest BCUT2D eigenvalue weighted by molar-refractivity contribution is 0.0652. The van der Waals surface area contributed by atoms with Gasteiger partial charge in [-0.25, -0.2) is 4.79 Å². The molecular weight excluding hydrogens is 274 g/mol. The predicted octanol–water partition coefficient (Wildman–Crippen LogP) is 2.46. The fourth-order valence-corrected chi connectivity index (χ4v) is 2.01. The zero-order valence-electron chi connectivity index (χ0n) is 9.55. The molecule has 0 amide bonds. The van der Waals surface area contributed by atoms with E-state index in [0.29, 0.717) is 41.0 Å². The van der Waals surface area contributed by atoms with Gasteiger partial charge in [-0.2, -0.15) is 0 Å². The summed E-state index contributed by atoms with van der Waals surface area (Å²) in [4.78, 5) is 10.8. The number of carboxylic acid groups (broad SMARTS) is 1. The van der Waals surface area contributed by atoms with Gasteiger partial charge in [0.25, 0.3) is 0 Å². The van der Waals surface area contributed by atoms with Gasteiger partial charge in [0.05, 0.1) is 5.02 Å². The molecule has 98 valence electrons. The van der Waals surface area contributed by atoms with Gasteiger partial charge in [-0.05, 0) is 12.1 Å². The van der Waals surface area contributed by atoms with E-state index >= 15 is 0 Å². The number of carbonyl (C=O) groups is 1. The molecule has 1 aromatic carbocycles. The van der Waals surface area contributed by atoms with Crippen LogP contribution in [-0.4, -0.2) is 29.4 Å². The molecule has 6 nitrogen and oxygen atoms in total. The Kier molecular flexibility index (Phi) is 2.79. The van der Waals surface area contributed by atoms with Gasteiger partial charge >= 0.3 is 5.97 Å². The second kappa shape index (κ2) is 4.47. The molecule has 1 aliphatic heterocycles. The van der Waals surface area contributed by atoms with Crippen LogP contribution in [0.25, 0.3) is 11.3 Å². The third-order valence-electron chi connectivity index (χ3n) is 2.64. The Balaban J connectivity index is 2.11. The topological polar surface area (TPSA) is 81.8 Å². The lowest BCUT2D eigenvalue weighted by Crippen LogP contribution is -2.16. The van der Waals surface area contributed by atoms with Crippen molar-refractivity contribution in [3.8, 4) is 22.8 Å². The molecule has 1 aliphatic rings. The Morgan fingerprint density at radius 1 is 1.26 bits per heavy atom. The highest BCUT2D eigenvalue weighted by atomic mass is 35.5. The lowest BCUT2D eigenvalue weighted by atomic mass is 10.1. The molecule has 19 heavy (non-hydrogen) atoms. The van der Waals surface area contributed by atoms with Crippen LogP contribution in [0.3, 0.4) is 0 Å². The van der Waals surface area contributed by atoms with Gasteiger partial charge in [0.1, 0.15) is 18.9 Å². The number of aromatic carboxylic acids is 1. The molecule has 2 heterocycles. The summed E-state index contributed by atoms with van der Waals surface area (Å²) in [5.74, 6) is -0.538. The fourth-order valence-electron chi connectivity index (χ4n) is 1.81. The number of hydrogen-bond donors (Lipinski definition) is 1. The van der Waals surface area contributed by atoms with E-state index in [1.165, 1.54) is 6.07 Å². The van der Waals surface area contributed by atoms with Crippen molar-refractivity contribution in [3.05, 3.63) is 29.0 Å². The Morgan fingerprint density at radius 2 is 2.00 bits per heavy atom. The Morgan fingerprint density at radius 3 is 2.68 bits per heavy atom. The smallest absolute Gasteiger partial charge is 0.374 e. The van der Waals surface area contributed by atoms with E-state index in [1.807, 2.05) is 0 Å². The molecule has 0 saturated carbocycles. The molecule has 0 saturated heterocycles. The Bertz CT molecular complexity index is 652. The number of ether oxygens (including phenoxy) is 2. The Labute approximate surface area is 112 Å². The lowest BCUT2D eigenvalue weighted by Gasteiger charge is -2.21. The summed E-state index contributed by atoms with van der Waals surface area (Å²) in [7, 11) is 0. The maximum absolute atomic E-state index is 10.8. The van der Waals surface area contributed by atoms with E-state index in [-0.39, 0.29) is 5.76 Å². The molecule has 0 radical (unpaired) electrons. The van der Waals surface area contributed by atoms with Crippen molar-refractivity contribution in [3.63, 3.8) is 0 Å². The minimum absolute atomic E-state index is 0.240. The van der Waals surface area contributed by atoms with Gasteiger partial charge in [0.15, 0.2) is 11.5 Å². The molecule has 7 heteroatoms. The molecule has 0 atom stereocenters. The molecule has 3 rings (SSSR count). The molecular formula is C12H8ClNO5. The van der Waals surface area contributed by atoms with Crippen LogP contribution in [0.4, 0.5) is 0 Å². The van der Waals surface area contributed by atoms with E-state index in [2.05, 4.69) is 5.16 Å². The van der Waals surface area contributed by atoms with Crippen LogP contribution < -0.4 is 9.47 Å². The SMILES string of the molecule is O=C(O)c1cc(-c2ccc(Cl)c3c2OCCO3)no1. The number of benzene rings is 1. The Hall–Kier alpha value is -2.21. The van der Waals surface area contributed by atoms with Crippen LogP contribution in [-0.2, 0) is 0 Å². The average Bonchev–Trinajstić information content (AvgIpc) is 2.89. The summed E-state index contributed by atoms with van der Waals surface area (Å²) in [6.45, 7) is 0.805. The van der Waals surface area contributed by atoms with E-state index in [0.717, 1.165) is 0 Å². The van der Waals surface area contributed by atoms with Crippen molar-refractivity contribution >= 4 is 17.6 Å². The van der Waals surface area contributed by atoms with E-state index < -0.39 is 5.97 Å². The van der Waals surface area contributed by atoms with Gasteiger partial charge in [-0.3, -0.25) is 0 Å². The van der Waals surface area contributed by atoms with Crippen molar-refractivity contribution < 1.29 is 23.9 Å². The highest BCUT2D eigenvalue weighted by molar-refractivity contribution is 6.32. The summed E-state index contributed by atoms with van der Waals surface area (Å²) >= 11 is 6.01. The van der Waals surface area contributed by atoms with Gasteiger partial charge in [-0.1, -0.05) is 16.8 Å². The van der Waals surface area contributed by atoms with Crippen LogP contribution in [0.1, 0.15) is 10.6 Å². The third kappa shape index (κ3) is 2.00. The van der Waals surface area contributed by atoms with Gasteiger partial charge < -0.3 is 19.1 Å². The first-order valence-corrected chi connectivity index (χ1v) is 5.83. The minimum atomic E-state index is -1.18.